The summed E-state index contributed by atoms with van der Waals surface area (Å²) in [5.41, 5.74) is -3.45. The third-order valence-electron chi connectivity index (χ3n) is 3.55. The third-order valence-corrected chi connectivity index (χ3v) is 4.00. The van der Waals surface area contributed by atoms with Gasteiger partial charge in [0.25, 0.3) is 0 Å². The zero-order chi connectivity index (χ0) is 20.8. The molecule has 0 saturated carbocycles. The minimum absolute atomic E-state index is 0.302. The third kappa shape index (κ3) is 3.57. The lowest BCUT2D eigenvalue weighted by molar-refractivity contribution is -0.141. The molecule has 4 nitrogen and oxygen atoms in total. The second-order valence-electron chi connectivity index (χ2n) is 5.30. The van der Waals surface area contributed by atoms with Gasteiger partial charge in [-0.25, -0.2) is 22.0 Å². The fraction of sp³-hybridized carbons (Fsp3) is 0.286. The number of anilines is 1. The van der Waals surface area contributed by atoms with Gasteiger partial charge in [-0.1, -0.05) is 11.6 Å². The molecule has 1 atom stereocenters. The normalized spacial score (nSPS) is 13.0. The molecule has 1 aromatic heterocycles. The Morgan fingerprint density at radius 1 is 1.04 bits per heavy atom. The summed E-state index contributed by atoms with van der Waals surface area (Å²) in [6, 6.07) is -1.63. The summed E-state index contributed by atoms with van der Waals surface area (Å²) in [6.07, 6.45) is -4.94. The van der Waals surface area contributed by atoms with E-state index in [1.807, 2.05) is 0 Å². The molecule has 148 valence electrons. The van der Waals surface area contributed by atoms with Crippen LogP contribution in [0, 0.1) is 36.0 Å². The van der Waals surface area contributed by atoms with E-state index in [9.17, 15) is 39.9 Å². The van der Waals surface area contributed by atoms with E-state index < -0.39 is 63.6 Å². The molecule has 1 unspecified atom stereocenters. The molecule has 0 fully saturated rings. The zero-order valence-electron chi connectivity index (χ0n) is 13.3. The average molecular weight is 422 g/mol. The highest BCUT2D eigenvalue weighted by molar-refractivity contribution is 6.32. The first kappa shape index (κ1) is 20.9. The van der Waals surface area contributed by atoms with Crippen molar-refractivity contribution in [2.45, 2.75) is 26.1 Å². The maximum atomic E-state index is 13.6. The van der Waals surface area contributed by atoms with Crippen LogP contribution in [-0.2, 0) is 11.0 Å². The predicted molar refractivity (Wildman–Crippen MR) is 76.5 cm³/mol. The molecule has 27 heavy (non-hydrogen) atoms. The minimum atomic E-state index is -4.94. The molecule has 0 bridgehead atoms. The van der Waals surface area contributed by atoms with Gasteiger partial charge in [0, 0.05) is 0 Å². The summed E-state index contributed by atoms with van der Waals surface area (Å²) in [5.74, 6) is -13.0. The SMILES string of the molecule is Cc1c(Cl)c(C(F)(F)F)nn1C(C)C(=O)Nc1c(F)c(F)c(F)c(F)c1F. The number of amides is 1. The number of nitrogens with one attached hydrogen (secondary N) is 1. The molecule has 1 N–H and O–H groups in total. The summed E-state index contributed by atoms with van der Waals surface area (Å²) < 4.78 is 105. The first-order chi connectivity index (χ1) is 12.3. The quantitative estimate of drug-likeness (QED) is 0.441. The number of alkyl halides is 3. The Kier molecular flexibility index (Phi) is 5.41. The summed E-state index contributed by atoms with van der Waals surface area (Å²) in [7, 11) is 0. The molecule has 1 aromatic carbocycles. The number of halogens is 9. The number of nitrogens with zero attached hydrogens (tertiary/aromatic N) is 2. The lowest BCUT2D eigenvalue weighted by Crippen LogP contribution is -2.27. The summed E-state index contributed by atoms with van der Waals surface area (Å²) >= 11 is 5.52. The zero-order valence-corrected chi connectivity index (χ0v) is 14.0. The van der Waals surface area contributed by atoms with Gasteiger partial charge in [0.2, 0.25) is 11.7 Å². The Balaban J connectivity index is 2.41. The van der Waals surface area contributed by atoms with Gasteiger partial charge in [0.05, 0.1) is 10.7 Å². The molecular formula is C14H8ClF8N3O. The van der Waals surface area contributed by atoms with E-state index in [1.165, 1.54) is 5.32 Å². The van der Waals surface area contributed by atoms with Crippen molar-refractivity contribution < 1.29 is 39.9 Å². The first-order valence-electron chi connectivity index (χ1n) is 6.93. The highest BCUT2D eigenvalue weighted by Gasteiger charge is 2.39. The Hall–Kier alpha value is -2.37. The highest BCUT2D eigenvalue weighted by Crippen LogP contribution is 2.36. The van der Waals surface area contributed by atoms with E-state index in [1.54, 1.807) is 0 Å². The van der Waals surface area contributed by atoms with E-state index in [0.29, 0.717) is 4.68 Å². The fourth-order valence-corrected chi connectivity index (χ4v) is 2.34. The number of hydrogen-bond acceptors (Lipinski definition) is 2. The van der Waals surface area contributed by atoms with E-state index in [-0.39, 0.29) is 5.69 Å². The molecule has 13 heteroatoms. The molecule has 0 aliphatic heterocycles. The minimum Gasteiger partial charge on any atom is -0.319 e. The molecule has 1 heterocycles. The van der Waals surface area contributed by atoms with Crippen molar-refractivity contribution in [1.29, 1.82) is 0 Å². The van der Waals surface area contributed by atoms with Gasteiger partial charge < -0.3 is 5.32 Å². The van der Waals surface area contributed by atoms with Crippen molar-refractivity contribution in [2.24, 2.45) is 0 Å². The molecule has 2 rings (SSSR count). The largest absolute Gasteiger partial charge is 0.436 e. The number of aromatic nitrogens is 2. The first-order valence-corrected chi connectivity index (χ1v) is 7.30. The highest BCUT2D eigenvalue weighted by atomic mass is 35.5. The van der Waals surface area contributed by atoms with Gasteiger partial charge in [-0.15, -0.1) is 0 Å². The van der Waals surface area contributed by atoms with E-state index >= 15 is 0 Å². The van der Waals surface area contributed by atoms with Crippen molar-refractivity contribution in [3.8, 4) is 0 Å². The topological polar surface area (TPSA) is 46.9 Å². The molecule has 0 aliphatic carbocycles. The predicted octanol–water partition coefficient (Wildman–Crippen LogP) is 4.76. The van der Waals surface area contributed by atoms with Crippen molar-refractivity contribution in [3.63, 3.8) is 0 Å². The fourth-order valence-electron chi connectivity index (χ4n) is 2.11. The van der Waals surface area contributed by atoms with Crippen LogP contribution in [0.3, 0.4) is 0 Å². The van der Waals surface area contributed by atoms with Gasteiger partial charge in [0.1, 0.15) is 11.7 Å². The lowest BCUT2D eigenvalue weighted by atomic mass is 10.2. The molecule has 0 saturated heterocycles. The maximum Gasteiger partial charge on any atom is 0.436 e. The van der Waals surface area contributed by atoms with E-state index in [4.69, 9.17) is 11.6 Å². The Morgan fingerprint density at radius 3 is 1.89 bits per heavy atom. The van der Waals surface area contributed by atoms with Crippen LogP contribution in [0.25, 0.3) is 0 Å². The lowest BCUT2D eigenvalue weighted by Gasteiger charge is -2.16. The Bertz CT molecular complexity index is 895. The second kappa shape index (κ2) is 6.98. The van der Waals surface area contributed by atoms with Gasteiger partial charge in [-0.2, -0.15) is 18.3 Å². The average Bonchev–Trinajstić information content (AvgIpc) is 2.89. The molecule has 1 amide bonds. The molecule has 2 aromatic rings. The van der Waals surface area contributed by atoms with Gasteiger partial charge >= 0.3 is 6.18 Å². The molecule has 0 spiro atoms. The van der Waals surface area contributed by atoms with Crippen LogP contribution < -0.4 is 5.32 Å². The summed E-state index contributed by atoms with van der Waals surface area (Å²) in [6.45, 7) is 2.07. The number of carbonyl (C=O) groups is 1. The van der Waals surface area contributed by atoms with Gasteiger partial charge in [-0.05, 0) is 13.8 Å². The van der Waals surface area contributed by atoms with Gasteiger partial charge in [0.15, 0.2) is 29.0 Å². The van der Waals surface area contributed by atoms with E-state index in [2.05, 4.69) is 5.10 Å². The van der Waals surface area contributed by atoms with Crippen LogP contribution in [0.1, 0.15) is 24.4 Å². The number of benzene rings is 1. The maximum absolute atomic E-state index is 13.6. The van der Waals surface area contributed by atoms with Crippen LogP contribution in [0.15, 0.2) is 0 Å². The summed E-state index contributed by atoms with van der Waals surface area (Å²) in [5, 5.41) is 3.79. The second-order valence-corrected chi connectivity index (χ2v) is 5.68. The van der Waals surface area contributed by atoms with E-state index in [0.717, 1.165) is 13.8 Å². The Morgan fingerprint density at radius 2 is 1.48 bits per heavy atom. The smallest absolute Gasteiger partial charge is 0.319 e. The molecule has 0 radical (unpaired) electrons. The van der Waals surface area contributed by atoms with Crippen LogP contribution in [-0.4, -0.2) is 15.7 Å². The van der Waals surface area contributed by atoms with Crippen molar-refractivity contribution in [3.05, 3.63) is 45.5 Å². The van der Waals surface area contributed by atoms with Crippen LogP contribution in [0.4, 0.5) is 40.8 Å². The van der Waals surface area contributed by atoms with Crippen molar-refractivity contribution in [1.82, 2.24) is 9.78 Å². The van der Waals surface area contributed by atoms with Gasteiger partial charge in [-0.3, -0.25) is 9.48 Å². The summed E-state index contributed by atoms with van der Waals surface area (Å²) in [4.78, 5) is 12.1. The monoisotopic (exact) mass is 421 g/mol. The van der Waals surface area contributed by atoms with Crippen LogP contribution in [0.2, 0.25) is 5.02 Å². The number of rotatable bonds is 3. The standard InChI is InChI=1S/C14H8ClF8N3O/c1-3-5(15)12(14(21,22)23)25-26(3)4(2)13(27)24-11-9(19)7(17)6(16)8(18)10(11)20/h4H,1-2H3,(H,24,27). The number of carbonyl (C=O) groups excluding carboxylic acids is 1. The van der Waals surface area contributed by atoms with Crippen LogP contribution >= 0.6 is 11.6 Å². The molecular weight excluding hydrogens is 414 g/mol. The Labute approximate surface area is 150 Å². The number of hydrogen-bond donors (Lipinski definition) is 1. The van der Waals surface area contributed by atoms with Crippen molar-refractivity contribution >= 4 is 23.2 Å². The van der Waals surface area contributed by atoms with Crippen LogP contribution in [0.5, 0.6) is 0 Å². The molecule has 0 aliphatic rings. The van der Waals surface area contributed by atoms with Crippen molar-refractivity contribution in [2.75, 3.05) is 5.32 Å².